The zero-order valence-electron chi connectivity index (χ0n) is 12.7. The van der Waals surface area contributed by atoms with Gasteiger partial charge >= 0.3 is 0 Å². The van der Waals surface area contributed by atoms with Crippen LogP contribution in [0.15, 0.2) is 48.5 Å². The normalized spacial score (nSPS) is 22.2. The molecule has 0 unspecified atom stereocenters. The highest BCUT2D eigenvalue weighted by atomic mass is 35.5. The Morgan fingerprint density at radius 2 is 1.33 bits per heavy atom. The molecule has 3 rings (SSSR count). The molecule has 0 atom stereocenters. The molecule has 0 saturated heterocycles. The first-order valence-corrected chi connectivity index (χ1v) is 8.50. The predicted molar refractivity (Wildman–Crippen MR) is 91.9 cm³/mol. The van der Waals surface area contributed by atoms with Gasteiger partial charge in [0, 0.05) is 5.02 Å². The number of hydrogen-bond acceptors (Lipinski definition) is 0. The van der Waals surface area contributed by atoms with Crippen LogP contribution < -0.4 is 0 Å². The van der Waals surface area contributed by atoms with Crippen molar-refractivity contribution in [2.45, 2.75) is 44.9 Å². The van der Waals surface area contributed by atoms with Gasteiger partial charge in [-0.2, -0.15) is 0 Å². The average molecular weight is 299 g/mol. The Kier molecular flexibility index (Phi) is 4.65. The molecule has 0 nitrogen and oxygen atoms in total. The Balaban J connectivity index is 1.71. The molecule has 0 N–H and O–H groups in total. The van der Waals surface area contributed by atoms with Crippen molar-refractivity contribution in [3.8, 4) is 11.1 Å². The van der Waals surface area contributed by atoms with Gasteiger partial charge in [-0.05, 0) is 66.3 Å². The molecule has 1 aliphatic carbocycles. The molecule has 0 aromatic heterocycles. The van der Waals surface area contributed by atoms with Gasteiger partial charge in [-0.25, -0.2) is 0 Å². The lowest BCUT2D eigenvalue weighted by Crippen LogP contribution is -2.12. The summed E-state index contributed by atoms with van der Waals surface area (Å²) in [5, 5.41) is 0.794. The maximum atomic E-state index is 5.95. The smallest absolute Gasteiger partial charge is 0.0406 e. The molecular formula is C20H23Cl. The van der Waals surface area contributed by atoms with E-state index >= 15 is 0 Å². The quantitative estimate of drug-likeness (QED) is 0.592. The standard InChI is InChI=1S/C20H23Cl/c1-2-15-3-5-16(6-4-15)17-7-9-18(10-8-17)19-11-13-20(21)14-12-19/h7-16H,2-6H2,1H3/t15-,16-. The third kappa shape index (κ3) is 3.49. The van der Waals surface area contributed by atoms with Crippen LogP contribution in [-0.4, -0.2) is 0 Å². The molecule has 2 aromatic carbocycles. The van der Waals surface area contributed by atoms with Crippen LogP contribution in [0.4, 0.5) is 0 Å². The largest absolute Gasteiger partial charge is 0.0843 e. The highest BCUT2D eigenvalue weighted by molar-refractivity contribution is 6.30. The van der Waals surface area contributed by atoms with Crippen LogP contribution in [0.3, 0.4) is 0 Å². The van der Waals surface area contributed by atoms with Gasteiger partial charge in [0.1, 0.15) is 0 Å². The van der Waals surface area contributed by atoms with Gasteiger partial charge in [0.05, 0.1) is 0 Å². The first-order chi connectivity index (χ1) is 10.3. The fourth-order valence-electron chi connectivity index (χ4n) is 3.49. The van der Waals surface area contributed by atoms with E-state index in [1.54, 1.807) is 0 Å². The number of hydrogen-bond donors (Lipinski definition) is 0. The van der Waals surface area contributed by atoms with Crippen molar-refractivity contribution >= 4 is 11.6 Å². The van der Waals surface area contributed by atoms with Crippen LogP contribution >= 0.6 is 11.6 Å². The van der Waals surface area contributed by atoms with E-state index in [1.165, 1.54) is 48.8 Å². The molecule has 1 aliphatic rings. The summed E-state index contributed by atoms with van der Waals surface area (Å²) in [7, 11) is 0. The number of rotatable bonds is 3. The maximum Gasteiger partial charge on any atom is 0.0406 e. The minimum atomic E-state index is 0.770. The SMILES string of the molecule is CC[C@H]1CC[C@H](c2ccc(-c3ccc(Cl)cc3)cc2)CC1. The van der Waals surface area contributed by atoms with Crippen molar-refractivity contribution < 1.29 is 0 Å². The molecule has 2 aromatic rings. The summed E-state index contributed by atoms with van der Waals surface area (Å²) >= 11 is 5.95. The lowest BCUT2D eigenvalue weighted by Gasteiger charge is -2.28. The van der Waals surface area contributed by atoms with Crippen LogP contribution in [0.1, 0.15) is 50.5 Å². The van der Waals surface area contributed by atoms with Gasteiger partial charge in [-0.1, -0.05) is 61.3 Å². The summed E-state index contributed by atoms with van der Waals surface area (Å²) in [6.07, 6.45) is 6.88. The van der Waals surface area contributed by atoms with Gasteiger partial charge in [-0.15, -0.1) is 0 Å². The van der Waals surface area contributed by atoms with Gasteiger partial charge in [-0.3, -0.25) is 0 Å². The summed E-state index contributed by atoms with van der Waals surface area (Å²) in [5.74, 6) is 1.74. The maximum absolute atomic E-state index is 5.95. The molecule has 0 spiro atoms. The summed E-state index contributed by atoms with van der Waals surface area (Å²) in [6, 6.07) is 17.2. The number of benzene rings is 2. The molecule has 1 saturated carbocycles. The molecule has 0 bridgehead atoms. The van der Waals surface area contributed by atoms with Crippen molar-refractivity contribution in [2.24, 2.45) is 5.92 Å². The summed E-state index contributed by atoms with van der Waals surface area (Å²) < 4.78 is 0. The van der Waals surface area contributed by atoms with E-state index in [2.05, 4.69) is 43.3 Å². The molecule has 0 amide bonds. The number of halogens is 1. The third-order valence-corrected chi connectivity index (χ3v) is 5.24. The lowest BCUT2D eigenvalue weighted by molar-refractivity contribution is 0.319. The van der Waals surface area contributed by atoms with Gasteiger partial charge in [0.25, 0.3) is 0 Å². The van der Waals surface area contributed by atoms with E-state index in [0.717, 1.165) is 16.9 Å². The Hall–Kier alpha value is -1.27. The van der Waals surface area contributed by atoms with Crippen LogP contribution in [0.2, 0.25) is 5.02 Å². The molecule has 21 heavy (non-hydrogen) atoms. The second-order valence-electron chi connectivity index (χ2n) is 6.25. The first-order valence-electron chi connectivity index (χ1n) is 8.12. The summed E-state index contributed by atoms with van der Waals surface area (Å²) in [6.45, 7) is 2.33. The van der Waals surface area contributed by atoms with E-state index in [-0.39, 0.29) is 0 Å². The Morgan fingerprint density at radius 1 is 0.810 bits per heavy atom. The molecule has 110 valence electrons. The average Bonchev–Trinajstić information content (AvgIpc) is 2.56. The van der Waals surface area contributed by atoms with Crippen LogP contribution in [0, 0.1) is 5.92 Å². The fourth-order valence-corrected chi connectivity index (χ4v) is 3.62. The van der Waals surface area contributed by atoms with E-state index in [1.807, 2.05) is 12.1 Å². The molecule has 1 heteroatoms. The van der Waals surface area contributed by atoms with Gasteiger partial charge in [0.15, 0.2) is 0 Å². The first kappa shape index (κ1) is 14.7. The van der Waals surface area contributed by atoms with Crippen LogP contribution in [0.5, 0.6) is 0 Å². The highest BCUT2D eigenvalue weighted by Gasteiger charge is 2.21. The van der Waals surface area contributed by atoms with Gasteiger partial charge < -0.3 is 0 Å². The van der Waals surface area contributed by atoms with E-state index in [0.29, 0.717) is 0 Å². The van der Waals surface area contributed by atoms with E-state index in [9.17, 15) is 0 Å². The van der Waals surface area contributed by atoms with Crippen molar-refractivity contribution in [2.75, 3.05) is 0 Å². The van der Waals surface area contributed by atoms with E-state index in [4.69, 9.17) is 11.6 Å². The monoisotopic (exact) mass is 298 g/mol. The molecule has 0 aliphatic heterocycles. The highest BCUT2D eigenvalue weighted by Crippen LogP contribution is 2.37. The lowest BCUT2D eigenvalue weighted by atomic mass is 9.77. The van der Waals surface area contributed by atoms with Crippen molar-refractivity contribution in [1.82, 2.24) is 0 Å². The topological polar surface area (TPSA) is 0 Å². The van der Waals surface area contributed by atoms with Crippen molar-refractivity contribution in [1.29, 1.82) is 0 Å². The minimum Gasteiger partial charge on any atom is -0.0843 e. The third-order valence-electron chi connectivity index (χ3n) is 4.98. The second kappa shape index (κ2) is 6.66. The summed E-state index contributed by atoms with van der Waals surface area (Å²) in [5.41, 5.74) is 4.03. The Morgan fingerprint density at radius 3 is 1.86 bits per heavy atom. The van der Waals surface area contributed by atoms with Crippen molar-refractivity contribution in [3.63, 3.8) is 0 Å². The van der Waals surface area contributed by atoms with Crippen LogP contribution in [-0.2, 0) is 0 Å². The molecular weight excluding hydrogens is 276 g/mol. The minimum absolute atomic E-state index is 0.770. The van der Waals surface area contributed by atoms with Crippen molar-refractivity contribution in [3.05, 3.63) is 59.1 Å². The van der Waals surface area contributed by atoms with Gasteiger partial charge in [0.2, 0.25) is 0 Å². The fraction of sp³-hybridized carbons (Fsp3) is 0.400. The second-order valence-corrected chi connectivity index (χ2v) is 6.69. The molecule has 0 heterocycles. The van der Waals surface area contributed by atoms with Crippen LogP contribution in [0.25, 0.3) is 11.1 Å². The summed E-state index contributed by atoms with van der Waals surface area (Å²) in [4.78, 5) is 0. The predicted octanol–water partition coefficient (Wildman–Crippen LogP) is 6.69. The molecule has 1 fully saturated rings. The van der Waals surface area contributed by atoms with E-state index < -0.39 is 0 Å². The Bertz CT molecular complexity index is 560. The molecule has 0 radical (unpaired) electrons. The Labute approximate surface area is 133 Å². The zero-order valence-corrected chi connectivity index (χ0v) is 13.4. The zero-order chi connectivity index (χ0) is 14.7.